The van der Waals surface area contributed by atoms with E-state index in [9.17, 15) is 9.59 Å². The maximum Gasteiger partial charge on any atom is 0.222 e. The lowest BCUT2D eigenvalue weighted by Gasteiger charge is -2.19. The molecule has 2 aromatic heterocycles. The molecule has 0 bridgehead atoms. The van der Waals surface area contributed by atoms with Gasteiger partial charge in [0.05, 0.1) is 30.5 Å². The monoisotopic (exact) mass is 370 g/mol. The zero-order valence-corrected chi connectivity index (χ0v) is 16.1. The number of carbonyl (C=O) groups excluding carboxylic acids is 2. The van der Waals surface area contributed by atoms with E-state index in [1.54, 1.807) is 17.1 Å². The largest absolute Gasteiger partial charge is 0.379 e. The van der Waals surface area contributed by atoms with Crippen molar-refractivity contribution in [1.82, 2.24) is 20.1 Å². The second-order valence-corrected chi connectivity index (χ2v) is 7.11. The van der Waals surface area contributed by atoms with E-state index in [0.29, 0.717) is 37.4 Å². The van der Waals surface area contributed by atoms with E-state index in [2.05, 4.69) is 15.4 Å². The molecule has 0 saturated carbocycles. The minimum absolute atomic E-state index is 0.00256. The van der Waals surface area contributed by atoms with E-state index < -0.39 is 0 Å². The first-order valence-corrected chi connectivity index (χ1v) is 9.26. The Bertz CT molecular complexity index is 816. The number of ether oxygens (including phenoxy) is 1. The number of Topliss-reactive ketones (excluding diaryl/α,β-unsaturated/α-hetero) is 1. The fraction of sp³-hybridized carbons (Fsp3) is 0.500. The van der Waals surface area contributed by atoms with Crippen LogP contribution in [0.5, 0.6) is 0 Å². The molecule has 2 atom stereocenters. The van der Waals surface area contributed by atoms with Gasteiger partial charge in [0.25, 0.3) is 0 Å². The SMILES string of the molecule is CC(=O)c1c(C)nn(CCC(=O)N[C@@H]2COC[C@H]2Cc2ccncc2)c1C. The Kier molecular flexibility index (Phi) is 6.01. The zero-order chi connectivity index (χ0) is 19.4. The highest BCUT2D eigenvalue weighted by Gasteiger charge is 2.29. The van der Waals surface area contributed by atoms with Crippen LogP contribution in [0.3, 0.4) is 0 Å². The lowest BCUT2D eigenvalue weighted by Crippen LogP contribution is -2.41. The second kappa shape index (κ2) is 8.43. The van der Waals surface area contributed by atoms with Crippen molar-refractivity contribution in [2.75, 3.05) is 13.2 Å². The molecular formula is C20H26N4O3. The molecule has 1 fully saturated rings. The molecule has 1 N–H and O–H groups in total. The van der Waals surface area contributed by atoms with Crippen LogP contribution < -0.4 is 5.32 Å². The van der Waals surface area contributed by atoms with Crippen molar-refractivity contribution in [3.8, 4) is 0 Å². The van der Waals surface area contributed by atoms with Crippen LogP contribution in [0.2, 0.25) is 0 Å². The molecule has 7 heteroatoms. The summed E-state index contributed by atoms with van der Waals surface area (Å²) in [7, 11) is 0. The molecule has 2 aromatic rings. The van der Waals surface area contributed by atoms with Gasteiger partial charge in [-0.3, -0.25) is 19.3 Å². The number of ketones is 1. The van der Waals surface area contributed by atoms with Gasteiger partial charge in [0.15, 0.2) is 5.78 Å². The minimum atomic E-state index is -0.0258. The summed E-state index contributed by atoms with van der Waals surface area (Å²) in [4.78, 5) is 28.2. The Morgan fingerprint density at radius 3 is 2.67 bits per heavy atom. The maximum absolute atomic E-state index is 12.4. The van der Waals surface area contributed by atoms with Crippen LogP contribution in [0.1, 0.15) is 40.7 Å². The summed E-state index contributed by atoms with van der Waals surface area (Å²) in [6.45, 7) is 6.86. The number of pyridine rings is 1. The molecule has 3 heterocycles. The Morgan fingerprint density at radius 1 is 1.26 bits per heavy atom. The van der Waals surface area contributed by atoms with E-state index in [1.165, 1.54) is 12.5 Å². The molecule has 1 aliphatic heterocycles. The van der Waals surface area contributed by atoms with E-state index >= 15 is 0 Å². The molecular weight excluding hydrogens is 344 g/mol. The molecule has 0 spiro atoms. The average molecular weight is 370 g/mol. The molecule has 144 valence electrons. The quantitative estimate of drug-likeness (QED) is 0.752. The summed E-state index contributed by atoms with van der Waals surface area (Å²) in [5, 5.41) is 7.49. The van der Waals surface area contributed by atoms with E-state index in [-0.39, 0.29) is 23.7 Å². The number of aryl methyl sites for hydroxylation is 2. The van der Waals surface area contributed by atoms with Crippen LogP contribution in [0.15, 0.2) is 24.5 Å². The smallest absolute Gasteiger partial charge is 0.222 e. The van der Waals surface area contributed by atoms with Crippen molar-refractivity contribution >= 4 is 11.7 Å². The predicted molar refractivity (Wildman–Crippen MR) is 101 cm³/mol. The Morgan fingerprint density at radius 2 is 2.00 bits per heavy atom. The summed E-state index contributed by atoms with van der Waals surface area (Å²) in [5.41, 5.74) is 3.37. The number of rotatable bonds is 7. The van der Waals surface area contributed by atoms with E-state index in [4.69, 9.17) is 4.74 Å². The second-order valence-electron chi connectivity index (χ2n) is 7.11. The first-order valence-electron chi connectivity index (χ1n) is 9.26. The predicted octanol–water partition coefficient (Wildman–Crippen LogP) is 1.86. The number of amides is 1. The summed E-state index contributed by atoms with van der Waals surface area (Å²) in [5.74, 6) is 0.235. The van der Waals surface area contributed by atoms with Crippen molar-refractivity contribution in [3.63, 3.8) is 0 Å². The van der Waals surface area contributed by atoms with Gasteiger partial charge in [-0.25, -0.2) is 0 Å². The summed E-state index contributed by atoms with van der Waals surface area (Å²) < 4.78 is 7.33. The normalized spacial score (nSPS) is 19.2. The molecule has 1 aliphatic rings. The topological polar surface area (TPSA) is 86.1 Å². The zero-order valence-electron chi connectivity index (χ0n) is 16.1. The highest BCUT2D eigenvalue weighted by molar-refractivity contribution is 5.96. The third-order valence-electron chi connectivity index (χ3n) is 5.08. The number of hydrogen-bond acceptors (Lipinski definition) is 5. The van der Waals surface area contributed by atoms with Crippen LogP contribution in [-0.4, -0.2) is 45.7 Å². The molecule has 27 heavy (non-hydrogen) atoms. The van der Waals surface area contributed by atoms with Gasteiger partial charge in [-0.2, -0.15) is 5.10 Å². The number of aromatic nitrogens is 3. The maximum atomic E-state index is 12.4. The van der Waals surface area contributed by atoms with Crippen LogP contribution in [-0.2, 0) is 22.5 Å². The molecule has 0 unspecified atom stereocenters. The fourth-order valence-electron chi connectivity index (χ4n) is 3.69. The summed E-state index contributed by atoms with van der Waals surface area (Å²) in [6.07, 6.45) is 4.73. The molecule has 0 radical (unpaired) electrons. The van der Waals surface area contributed by atoms with E-state index in [1.807, 2.05) is 26.0 Å². The average Bonchev–Trinajstić information content (AvgIpc) is 3.17. The molecule has 1 saturated heterocycles. The van der Waals surface area contributed by atoms with Crippen LogP contribution in [0.25, 0.3) is 0 Å². The van der Waals surface area contributed by atoms with Gasteiger partial charge in [0, 0.05) is 37.0 Å². The van der Waals surface area contributed by atoms with Crippen molar-refractivity contribution < 1.29 is 14.3 Å². The lowest BCUT2D eigenvalue weighted by atomic mass is 9.95. The Labute approximate surface area is 159 Å². The molecule has 7 nitrogen and oxygen atoms in total. The Balaban J connectivity index is 1.54. The number of nitrogens with one attached hydrogen (secondary N) is 1. The van der Waals surface area contributed by atoms with Gasteiger partial charge < -0.3 is 10.1 Å². The van der Waals surface area contributed by atoms with Gasteiger partial charge in [0.1, 0.15) is 0 Å². The Hall–Kier alpha value is -2.54. The van der Waals surface area contributed by atoms with Gasteiger partial charge in [-0.15, -0.1) is 0 Å². The standard InChI is InChI=1S/C20H26N4O3/c1-13-20(15(3)25)14(2)24(23-13)9-6-19(26)22-18-12-27-11-17(18)10-16-4-7-21-8-5-16/h4-5,7-8,17-18H,6,9-12H2,1-3H3,(H,22,26)/t17-,18-/m1/s1. The molecule has 0 aromatic carbocycles. The van der Waals surface area contributed by atoms with Gasteiger partial charge >= 0.3 is 0 Å². The number of hydrogen-bond donors (Lipinski definition) is 1. The molecule has 3 rings (SSSR count). The highest BCUT2D eigenvalue weighted by Crippen LogP contribution is 2.19. The number of nitrogens with zero attached hydrogens (tertiary/aromatic N) is 3. The van der Waals surface area contributed by atoms with Crippen molar-refractivity contribution in [1.29, 1.82) is 0 Å². The summed E-state index contributed by atoms with van der Waals surface area (Å²) >= 11 is 0. The minimum Gasteiger partial charge on any atom is -0.379 e. The van der Waals surface area contributed by atoms with Gasteiger partial charge in [-0.1, -0.05) is 0 Å². The van der Waals surface area contributed by atoms with Crippen LogP contribution in [0, 0.1) is 19.8 Å². The van der Waals surface area contributed by atoms with Crippen molar-refractivity contribution in [2.45, 2.75) is 46.2 Å². The van der Waals surface area contributed by atoms with Crippen molar-refractivity contribution in [2.24, 2.45) is 5.92 Å². The highest BCUT2D eigenvalue weighted by atomic mass is 16.5. The first kappa shape index (κ1) is 19.2. The molecule has 1 amide bonds. The lowest BCUT2D eigenvalue weighted by molar-refractivity contribution is -0.122. The van der Waals surface area contributed by atoms with Crippen LogP contribution in [0.4, 0.5) is 0 Å². The van der Waals surface area contributed by atoms with E-state index in [0.717, 1.165) is 12.1 Å². The first-order chi connectivity index (χ1) is 13.0. The number of carbonyl (C=O) groups is 2. The third-order valence-corrected chi connectivity index (χ3v) is 5.08. The van der Waals surface area contributed by atoms with Crippen LogP contribution >= 0.6 is 0 Å². The van der Waals surface area contributed by atoms with Gasteiger partial charge in [0.2, 0.25) is 5.91 Å². The van der Waals surface area contributed by atoms with Gasteiger partial charge in [-0.05, 0) is 44.9 Å². The summed E-state index contributed by atoms with van der Waals surface area (Å²) in [6, 6.07) is 4.00. The molecule has 0 aliphatic carbocycles. The third kappa shape index (κ3) is 4.60. The van der Waals surface area contributed by atoms with Crippen molar-refractivity contribution in [3.05, 3.63) is 47.0 Å². The fourth-order valence-corrected chi connectivity index (χ4v) is 3.69.